The highest BCUT2D eigenvalue weighted by Gasteiger charge is 2.59. The monoisotopic (exact) mass is 362 g/mol. The van der Waals surface area contributed by atoms with Crippen LogP contribution in [0.15, 0.2) is 30.3 Å². The lowest BCUT2D eigenvalue weighted by molar-refractivity contribution is -0.257. The summed E-state index contributed by atoms with van der Waals surface area (Å²) in [5.41, 5.74) is -0.358. The van der Waals surface area contributed by atoms with Crippen LogP contribution >= 0.6 is 0 Å². The molecule has 0 fully saturated rings. The second kappa shape index (κ2) is 8.12. The van der Waals surface area contributed by atoms with Gasteiger partial charge >= 0.3 is 5.97 Å². The number of rotatable bonds is 7. The lowest BCUT2D eigenvalue weighted by Crippen LogP contribution is -2.56. The fraction of sp³-hybridized carbons (Fsp3) is 0.696. The topological polar surface area (TPSA) is 46.5 Å². The molecule has 3 heteroatoms. The van der Waals surface area contributed by atoms with Gasteiger partial charge in [-0.05, 0) is 29.2 Å². The fourth-order valence-electron chi connectivity index (χ4n) is 4.51. The van der Waals surface area contributed by atoms with E-state index in [1.165, 1.54) is 0 Å². The van der Waals surface area contributed by atoms with Gasteiger partial charge in [0.15, 0.2) is 0 Å². The maximum atomic E-state index is 13.0. The van der Waals surface area contributed by atoms with Crippen molar-refractivity contribution in [2.45, 2.75) is 86.5 Å². The Balaban J connectivity index is 3.34. The maximum Gasteiger partial charge on any atom is 0.349 e. The van der Waals surface area contributed by atoms with Crippen molar-refractivity contribution < 1.29 is 14.9 Å². The summed E-state index contributed by atoms with van der Waals surface area (Å²) in [6.45, 7) is 17.1. The van der Waals surface area contributed by atoms with Crippen LogP contribution in [0.25, 0.3) is 0 Å². The average molecular weight is 363 g/mol. The Bertz CT molecular complexity index is 576. The Hall–Kier alpha value is -1.35. The van der Waals surface area contributed by atoms with Gasteiger partial charge in [0.2, 0.25) is 0 Å². The molecule has 1 N–H and O–H groups in total. The molecule has 1 atom stereocenters. The smallest absolute Gasteiger partial charge is 0.300 e. The predicted octanol–water partition coefficient (Wildman–Crippen LogP) is 6.62. The Kier molecular flexibility index (Phi) is 7.09. The third-order valence-electron chi connectivity index (χ3n) is 6.00. The van der Waals surface area contributed by atoms with Crippen molar-refractivity contribution in [3.8, 4) is 0 Å². The highest BCUT2D eigenvalue weighted by molar-refractivity contribution is 5.79. The van der Waals surface area contributed by atoms with E-state index in [-0.39, 0.29) is 10.8 Å². The molecule has 1 aromatic rings. The molecule has 0 radical (unpaired) electrons. The molecular formula is C23H38O3. The van der Waals surface area contributed by atoms with Gasteiger partial charge in [-0.3, -0.25) is 0 Å². The van der Waals surface area contributed by atoms with E-state index in [1.54, 1.807) is 0 Å². The number of hydrogen-bond donors (Lipinski definition) is 1. The van der Waals surface area contributed by atoms with Gasteiger partial charge < -0.3 is 4.89 Å². The minimum absolute atomic E-state index is 0.275. The molecular weight excluding hydrogens is 324 g/mol. The molecule has 1 unspecified atom stereocenters. The van der Waals surface area contributed by atoms with Crippen molar-refractivity contribution in [2.75, 3.05) is 0 Å². The van der Waals surface area contributed by atoms with E-state index < -0.39 is 16.8 Å². The van der Waals surface area contributed by atoms with Gasteiger partial charge in [-0.25, -0.2) is 4.79 Å². The Morgan fingerprint density at radius 2 is 1.38 bits per heavy atom. The van der Waals surface area contributed by atoms with E-state index in [0.29, 0.717) is 6.42 Å². The number of benzene rings is 1. The van der Waals surface area contributed by atoms with E-state index in [4.69, 9.17) is 0 Å². The minimum Gasteiger partial charge on any atom is -0.300 e. The van der Waals surface area contributed by atoms with Gasteiger partial charge in [0, 0.05) is 5.41 Å². The molecule has 0 aliphatic carbocycles. The quantitative estimate of drug-likeness (QED) is 0.337. The van der Waals surface area contributed by atoms with Crippen LogP contribution < -0.4 is 0 Å². The van der Waals surface area contributed by atoms with Crippen molar-refractivity contribution in [1.29, 1.82) is 0 Å². The number of unbranched alkanes of at least 4 members (excludes halogenated alkanes) is 1. The van der Waals surface area contributed by atoms with Crippen LogP contribution in [-0.4, -0.2) is 11.2 Å². The third-order valence-corrected chi connectivity index (χ3v) is 6.00. The largest absolute Gasteiger partial charge is 0.349 e. The molecule has 148 valence electrons. The van der Waals surface area contributed by atoms with Crippen LogP contribution in [0.4, 0.5) is 0 Å². The maximum absolute atomic E-state index is 13.0. The first-order valence-corrected chi connectivity index (χ1v) is 9.71. The van der Waals surface area contributed by atoms with Crippen molar-refractivity contribution in [3.63, 3.8) is 0 Å². The number of hydrogen-bond acceptors (Lipinski definition) is 3. The van der Waals surface area contributed by atoms with Crippen molar-refractivity contribution in [1.82, 2.24) is 0 Å². The summed E-state index contributed by atoms with van der Waals surface area (Å²) in [5.74, 6) is -0.533. The van der Waals surface area contributed by atoms with Crippen LogP contribution in [-0.2, 0) is 15.1 Å². The van der Waals surface area contributed by atoms with Crippen molar-refractivity contribution >= 4 is 5.97 Å². The molecule has 26 heavy (non-hydrogen) atoms. The number of carbonyl (C=O) groups excluding carboxylic acids is 1. The summed E-state index contributed by atoms with van der Waals surface area (Å²) in [6, 6.07) is 10.1. The zero-order valence-electron chi connectivity index (χ0n) is 18.0. The first kappa shape index (κ1) is 22.7. The Morgan fingerprint density at radius 3 is 1.81 bits per heavy atom. The Morgan fingerprint density at radius 1 is 0.885 bits per heavy atom. The molecule has 0 aromatic heterocycles. The van der Waals surface area contributed by atoms with E-state index in [2.05, 4.69) is 72.4 Å². The zero-order chi connectivity index (χ0) is 20.2. The summed E-state index contributed by atoms with van der Waals surface area (Å²) in [4.78, 5) is 17.4. The van der Waals surface area contributed by atoms with Gasteiger partial charge in [0.05, 0.1) is 5.41 Å². The number of carbonyl (C=O) groups is 1. The standard InChI is InChI=1S/C23H38O3/c1-20(2,3)16-12-13-17-23(19(24)26-25,21(4,5)6)22(7,8)18-14-10-9-11-15-18/h9-11,14-15,25H,12-13,16-17H2,1-8H3. The molecule has 0 spiro atoms. The highest BCUT2D eigenvalue weighted by atomic mass is 17.1. The molecule has 0 saturated heterocycles. The molecule has 0 bridgehead atoms. The third kappa shape index (κ3) is 4.68. The highest BCUT2D eigenvalue weighted by Crippen LogP contribution is 2.56. The van der Waals surface area contributed by atoms with Gasteiger partial charge in [-0.2, -0.15) is 5.26 Å². The minimum atomic E-state index is -0.839. The molecule has 0 aliphatic heterocycles. The van der Waals surface area contributed by atoms with Crippen LogP contribution in [0.1, 0.15) is 86.6 Å². The van der Waals surface area contributed by atoms with Crippen molar-refractivity contribution in [3.05, 3.63) is 35.9 Å². The first-order chi connectivity index (χ1) is 11.8. The fourth-order valence-corrected chi connectivity index (χ4v) is 4.51. The van der Waals surface area contributed by atoms with Crippen LogP contribution in [0.2, 0.25) is 0 Å². The summed E-state index contributed by atoms with van der Waals surface area (Å²) < 4.78 is 0. The predicted molar refractivity (Wildman–Crippen MR) is 108 cm³/mol. The first-order valence-electron chi connectivity index (χ1n) is 9.71. The zero-order valence-corrected chi connectivity index (χ0v) is 18.0. The lowest BCUT2D eigenvalue weighted by Gasteiger charge is -2.52. The second-order valence-electron chi connectivity index (χ2n) is 10.3. The van der Waals surface area contributed by atoms with E-state index in [9.17, 15) is 10.1 Å². The lowest BCUT2D eigenvalue weighted by atomic mass is 9.49. The molecule has 0 aliphatic rings. The molecule has 1 aromatic carbocycles. The van der Waals surface area contributed by atoms with Gasteiger partial charge in [-0.15, -0.1) is 0 Å². The molecule has 3 nitrogen and oxygen atoms in total. The normalized spacial score (nSPS) is 15.4. The van der Waals surface area contributed by atoms with Gasteiger partial charge in [-0.1, -0.05) is 98.6 Å². The second-order valence-corrected chi connectivity index (χ2v) is 10.3. The van der Waals surface area contributed by atoms with Crippen LogP contribution in [0.5, 0.6) is 0 Å². The van der Waals surface area contributed by atoms with E-state index in [0.717, 1.165) is 24.8 Å². The van der Waals surface area contributed by atoms with Gasteiger partial charge in [0.25, 0.3) is 0 Å². The van der Waals surface area contributed by atoms with Crippen molar-refractivity contribution in [2.24, 2.45) is 16.2 Å². The Labute approximate surface area is 160 Å². The van der Waals surface area contributed by atoms with Crippen LogP contribution in [0, 0.1) is 16.2 Å². The molecule has 0 heterocycles. The summed E-state index contributed by atoms with van der Waals surface area (Å²) in [6.07, 6.45) is 3.74. The van der Waals surface area contributed by atoms with Gasteiger partial charge in [0.1, 0.15) is 0 Å². The summed E-state index contributed by atoms with van der Waals surface area (Å²) >= 11 is 0. The average Bonchev–Trinajstić information content (AvgIpc) is 2.52. The summed E-state index contributed by atoms with van der Waals surface area (Å²) in [5, 5.41) is 9.38. The molecule has 0 saturated carbocycles. The molecule has 0 amide bonds. The van der Waals surface area contributed by atoms with E-state index in [1.807, 2.05) is 18.2 Å². The summed E-state index contributed by atoms with van der Waals surface area (Å²) in [7, 11) is 0. The molecule has 1 rings (SSSR count). The van der Waals surface area contributed by atoms with Crippen LogP contribution in [0.3, 0.4) is 0 Å². The van der Waals surface area contributed by atoms with E-state index >= 15 is 0 Å². The SMILES string of the molecule is CC(C)(C)CCCCC(C(=O)OO)(C(C)(C)C)C(C)(C)c1ccccc1.